The van der Waals surface area contributed by atoms with Gasteiger partial charge in [-0.2, -0.15) is 0 Å². The first kappa shape index (κ1) is 10.3. The smallest absolute Gasteiger partial charge is 0.143 e. The van der Waals surface area contributed by atoms with Gasteiger partial charge in [0.2, 0.25) is 0 Å². The Hall–Kier alpha value is -0.250. The summed E-state index contributed by atoms with van der Waals surface area (Å²) in [5, 5.41) is 0.626. The lowest BCUT2D eigenvalue weighted by Crippen LogP contribution is -2.24. The van der Waals surface area contributed by atoms with Crippen LogP contribution in [-0.4, -0.2) is 6.10 Å². The first-order chi connectivity index (χ1) is 6.63. The third-order valence-corrected chi connectivity index (χ3v) is 3.21. The van der Waals surface area contributed by atoms with Crippen molar-refractivity contribution in [1.82, 2.24) is 0 Å². The molecule has 0 aromatic heterocycles. The van der Waals surface area contributed by atoms with Crippen molar-refractivity contribution >= 4 is 27.5 Å². The van der Waals surface area contributed by atoms with E-state index in [1.54, 1.807) is 0 Å². The minimum atomic E-state index is -0.0648. The second-order valence-electron chi connectivity index (χ2n) is 3.40. The van der Waals surface area contributed by atoms with Crippen molar-refractivity contribution in [1.29, 1.82) is 0 Å². The average Bonchev–Trinajstić information content (AvgIpc) is 2.44. The van der Waals surface area contributed by atoms with Crippen LogP contribution in [0.4, 0.5) is 0 Å². The maximum absolute atomic E-state index is 6.05. The summed E-state index contributed by atoms with van der Waals surface area (Å²) >= 11 is 9.44. The SMILES string of the molecule is CCC1Oc2c(Cl)cc(Br)cc2C1N. The molecule has 0 amide bonds. The Morgan fingerprint density at radius 1 is 1.57 bits per heavy atom. The Balaban J connectivity index is 2.48. The van der Waals surface area contributed by atoms with Gasteiger partial charge in [-0.3, -0.25) is 0 Å². The molecule has 0 bridgehead atoms. The van der Waals surface area contributed by atoms with E-state index in [1.165, 1.54) is 0 Å². The molecule has 0 saturated carbocycles. The topological polar surface area (TPSA) is 35.2 Å². The summed E-state index contributed by atoms with van der Waals surface area (Å²) in [5.74, 6) is 0.745. The van der Waals surface area contributed by atoms with Crippen LogP contribution in [0.3, 0.4) is 0 Å². The Kier molecular flexibility index (Phi) is 2.73. The molecule has 4 heteroatoms. The van der Waals surface area contributed by atoms with E-state index in [4.69, 9.17) is 22.1 Å². The summed E-state index contributed by atoms with van der Waals surface area (Å²) in [7, 11) is 0. The van der Waals surface area contributed by atoms with Crippen LogP contribution >= 0.6 is 27.5 Å². The minimum absolute atomic E-state index is 0.0526. The lowest BCUT2D eigenvalue weighted by atomic mass is 10.0. The number of halogens is 2. The molecule has 0 spiro atoms. The summed E-state index contributed by atoms with van der Waals surface area (Å²) in [6.45, 7) is 2.05. The predicted molar refractivity (Wildman–Crippen MR) is 60.8 cm³/mol. The van der Waals surface area contributed by atoms with Crippen molar-refractivity contribution in [3.05, 3.63) is 27.2 Å². The number of ether oxygens (including phenoxy) is 1. The predicted octanol–water partition coefficient (Wildman–Crippen LogP) is 3.27. The van der Waals surface area contributed by atoms with Crippen molar-refractivity contribution in [3.8, 4) is 5.75 Å². The molecule has 2 atom stereocenters. The van der Waals surface area contributed by atoms with Gasteiger partial charge in [0.15, 0.2) is 0 Å². The van der Waals surface area contributed by atoms with Crippen molar-refractivity contribution in [2.24, 2.45) is 5.73 Å². The van der Waals surface area contributed by atoms with E-state index in [2.05, 4.69) is 22.9 Å². The highest BCUT2D eigenvalue weighted by Crippen LogP contribution is 2.43. The van der Waals surface area contributed by atoms with Gasteiger partial charge in [-0.25, -0.2) is 0 Å². The molecule has 2 rings (SSSR count). The molecule has 1 aliphatic heterocycles. The van der Waals surface area contributed by atoms with Crippen LogP contribution in [-0.2, 0) is 0 Å². The quantitative estimate of drug-likeness (QED) is 0.854. The molecule has 0 saturated heterocycles. The van der Waals surface area contributed by atoms with Gasteiger partial charge in [0.1, 0.15) is 11.9 Å². The van der Waals surface area contributed by atoms with Gasteiger partial charge in [0.05, 0.1) is 11.1 Å². The Labute approximate surface area is 96.5 Å². The number of hydrogen-bond acceptors (Lipinski definition) is 2. The standard InChI is InChI=1S/C10H11BrClNO/c1-2-8-9(13)6-3-5(11)4-7(12)10(6)14-8/h3-4,8-9H,2,13H2,1H3. The lowest BCUT2D eigenvalue weighted by Gasteiger charge is -2.11. The largest absolute Gasteiger partial charge is 0.487 e. The highest BCUT2D eigenvalue weighted by atomic mass is 79.9. The molecule has 2 N–H and O–H groups in total. The number of nitrogens with two attached hydrogens (primary N) is 1. The van der Waals surface area contributed by atoms with Crippen LogP contribution in [0.5, 0.6) is 5.75 Å². The maximum atomic E-state index is 6.05. The number of rotatable bonds is 1. The van der Waals surface area contributed by atoms with E-state index >= 15 is 0 Å². The Morgan fingerprint density at radius 2 is 2.29 bits per heavy atom. The van der Waals surface area contributed by atoms with Gasteiger partial charge in [0.25, 0.3) is 0 Å². The maximum Gasteiger partial charge on any atom is 0.143 e. The van der Waals surface area contributed by atoms with E-state index in [-0.39, 0.29) is 12.1 Å². The third-order valence-electron chi connectivity index (χ3n) is 2.47. The fraction of sp³-hybridized carbons (Fsp3) is 0.400. The van der Waals surface area contributed by atoms with Crippen molar-refractivity contribution < 1.29 is 4.74 Å². The summed E-state index contributed by atoms with van der Waals surface area (Å²) in [4.78, 5) is 0. The Bertz CT molecular complexity index is 369. The van der Waals surface area contributed by atoms with E-state index < -0.39 is 0 Å². The first-order valence-electron chi connectivity index (χ1n) is 4.54. The second kappa shape index (κ2) is 3.72. The number of fused-ring (bicyclic) bond motifs is 1. The molecule has 76 valence electrons. The fourth-order valence-corrected chi connectivity index (χ4v) is 2.59. The zero-order valence-electron chi connectivity index (χ0n) is 7.76. The molecule has 0 radical (unpaired) electrons. The first-order valence-corrected chi connectivity index (χ1v) is 5.71. The van der Waals surface area contributed by atoms with Crippen LogP contribution in [0.1, 0.15) is 24.9 Å². The van der Waals surface area contributed by atoms with Gasteiger partial charge in [-0.1, -0.05) is 34.5 Å². The van der Waals surface area contributed by atoms with Crippen LogP contribution in [0.2, 0.25) is 5.02 Å². The molecular weight excluding hydrogens is 265 g/mol. The van der Waals surface area contributed by atoms with Crippen LogP contribution in [0, 0.1) is 0 Å². The molecule has 0 aliphatic carbocycles. The Morgan fingerprint density at radius 3 is 2.93 bits per heavy atom. The van der Waals surface area contributed by atoms with Crippen LogP contribution in [0.15, 0.2) is 16.6 Å². The van der Waals surface area contributed by atoms with Gasteiger partial charge in [0, 0.05) is 10.0 Å². The highest BCUT2D eigenvalue weighted by Gasteiger charge is 2.32. The minimum Gasteiger partial charge on any atom is -0.487 e. The lowest BCUT2D eigenvalue weighted by molar-refractivity contribution is 0.202. The van der Waals surface area contributed by atoms with E-state index in [1.807, 2.05) is 12.1 Å². The summed E-state index contributed by atoms with van der Waals surface area (Å²) < 4.78 is 6.62. The summed E-state index contributed by atoms with van der Waals surface area (Å²) in [5.41, 5.74) is 7.03. The summed E-state index contributed by atoms with van der Waals surface area (Å²) in [6, 6.07) is 3.73. The normalized spacial score (nSPS) is 24.6. The van der Waals surface area contributed by atoms with Crippen LogP contribution < -0.4 is 10.5 Å². The summed E-state index contributed by atoms with van der Waals surface area (Å²) in [6.07, 6.45) is 0.945. The molecule has 0 fully saturated rings. The van der Waals surface area contributed by atoms with Crippen molar-refractivity contribution in [2.45, 2.75) is 25.5 Å². The van der Waals surface area contributed by atoms with Crippen LogP contribution in [0.25, 0.3) is 0 Å². The average molecular weight is 277 g/mol. The van der Waals surface area contributed by atoms with Gasteiger partial charge in [-0.05, 0) is 18.6 Å². The zero-order chi connectivity index (χ0) is 10.3. The second-order valence-corrected chi connectivity index (χ2v) is 4.72. The number of hydrogen-bond donors (Lipinski definition) is 1. The molecule has 2 unspecified atom stereocenters. The highest BCUT2D eigenvalue weighted by molar-refractivity contribution is 9.10. The third kappa shape index (κ3) is 1.53. The van der Waals surface area contributed by atoms with Gasteiger partial charge < -0.3 is 10.5 Å². The van der Waals surface area contributed by atoms with Gasteiger partial charge >= 0.3 is 0 Å². The van der Waals surface area contributed by atoms with Gasteiger partial charge in [-0.15, -0.1) is 0 Å². The number of benzene rings is 1. The van der Waals surface area contributed by atoms with E-state index in [0.29, 0.717) is 5.02 Å². The van der Waals surface area contributed by atoms with E-state index in [0.717, 1.165) is 22.2 Å². The van der Waals surface area contributed by atoms with E-state index in [9.17, 15) is 0 Å². The monoisotopic (exact) mass is 275 g/mol. The molecule has 1 aromatic carbocycles. The molecule has 2 nitrogen and oxygen atoms in total. The molecule has 1 heterocycles. The van der Waals surface area contributed by atoms with Crippen molar-refractivity contribution in [3.63, 3.8) is 0 Å². The molecule has 1 aromatic rings. The molecule has 14 heavy (non-hydrogen) atoms. The van der Waals surface area contributed by atoms with Crippen molar-refractivity contribution in [2.75, 3.05) is 0 Å². The molecule has 1 aliphatic rings. The molecular formula is C10H11BrClNO. The fourth-order valence-electron chi connectivity index (χ4n) is 1.71. The zero-order valence-corrected chi connectivity index (χ0v) is 10.1.